The first-order chi connectivity index (χ1) is 16.6. The number of carbonyl (C=O) groups is 3. The average Bonchev–Trinajstić information content (AvgIpc) is 3.54. The van der Waals surface area contributed by atoms with Crippen LogP contribution in [0.3, 0.4) is 0 Å². The molecular weight excluding hydrogens is 454 g/mol. The smallest absolute Gasteiger partial charge is 0.318 e. The number of nitrogens with one attached hydrogen (secondary N) is 3. The maximum absolute atomic E-state index is 13.0. The highest BCUT2D eigenvalue weighted by Gasteiger charge is 2.28. The van der Waals surface area contributed by atoms with Crippen molar-refractivity contribution in [2.75, 3.05) is 38.2 Å². The van der Waals surface area contributed by atoms with E-state index < -0.39 is 6.04 Å². The topological polar surface area (TPSA) is 111 Å². The SMILES string of the molecule is CSCC[C@@H](NC(=O)N1CCN(C(=O)c2c[nH]c3ccccc23)CC1)C(=O)NCc1ccco1. The van der Waals surface area contributed by atoms with E-state index in [1.807, 2.05) is 30.5 Å². The van der Waals surface area contributed by atoms with Crippen molar-refractivity contribution in [2.24, 2.45) is 0 Å². The van der Waals surface area contributed by atoms with Crippen LogP contribution in [0.4, 0.5) is 4.79 Å². The van der Waals surface area contributed by atoms with Crippen LogP contribution in [0.2, 0.25) is 0 Å². The van der Waals surface area contributed by atoms with Crippen LogP contribution < -0.4 is 10.6 Å². The zero-order valence-corrected chi connectivity index (χ0v) is 19.9. The van der Waals surface area contributed by atoms with Gasteiger partial charge in [0.15, 0.2) is 0 Å². The number of para-hydroxylation sites is 1. The van der Waals surface area contributed by atoms with E-state index in [4.69, 9.17) is 4.42 Å². The van der Waals surface area contributed by atoms with Crippen LogP contribution in [-0.4, -0.2) is 76.9 Å². The van der Waals surface area contributed by atoms with E-state index in [1.54, 1.807) is 46.2 Å². The van der Waals surface area contributed by atoms with Crippen LogP contribution in [0.15, 0.2) is 53.3 Å². The molecule has 180 valence electrons. The Balaban J connectivity index is 1.31. The summed E-state index contributed by atoms with van der Waals surface area (Å²) >= 11 is 1.62. The summed E-state index contributed by atoms with van der Waals surface area (Å²) in [6.45, 7) is 1.95. The molecule has 4 rings (SSSR count). The third-order valence-electron chi connectivity index (χ3n) is 5.92. The first-order valence-corrected chi connectivity index (χ1v) is 12.7. The Labute approximate surface area is 202 Å². The summed E-state index contributed by atoms with van der Waals surface area (Å²) in [5, 5.41) is 6.59. The van der Waals surface area contributed by atoms with Crippen molar-refractivity contribution in [3.63, 3.8) is 0 Å². The Hall–Kier alpha value is -3.40. The molecule has 1 atom stereocenters. The third kappa shape index (κ3) is 5.56. The summed E-state index contributed by atoms with van der Waals surface area (Å²) in [7, 11) is 0. The number of hydrogen-bond acceptors (Lipinski definition) is 5. The van der Waals surface area contributed by atoms with Crippen LogP contribution in [0.25, 0.3) is 10.9 Å². The zero-order chi connectivity index (χ0) is 23.9. The number of furan rings is 1. The number of aromatic amines is 1. The summed E-state index contributed by atoms with van der Waals surface area (Å²) in [4.78, 5) is 45.2. The van der Waals surface area contributed by atoms with Crippen molar-refractivity contribution < 1.29 is 18.8 Å². The van der Waals surface area contributed by atoms with E-state index in [9.17, 15) is 14.4 Å². The van der Waals surface area contributed by atoms with Gasteiger partial charge in [-0.05, 0) is 36.6 Å². The van der Waals surface area contributed by atoms with Crippen LogP contribution in [0, 0.1) is 0 Å². The minimum atomic E-state index is -0.638. The number of amides is 4. The molecule has 10 heteroatoms. The predicted molar refractivity (Wildman–Crippen MR) is 132 cm³/mol. The van der Waals surface area contributed by atoms with Gasteiger partial charge in [-0.1, -0.05) is 18.2 Å². The number of urea groups is 1. The Morgan fingerprint density at radius 2 is 1.85 bits per heavy atom. The summed E-state index contributed by atoms with van der Waals surface area (Å²) in [6, 6.07) is 10.3. The van der Waals surface area contributed by atoms with Gasteiger partial charge in [0.1, 0.15) is 11.8 Å². The van der Waals surface area contributed by atoms with Gasteiger partial charge in [0.25, 0.3) is 5.91 Å². The zero-order valence-electron chi connectivity index (χ0n) is 19.1. The van der Waals surface area contributed by atoms with Gasteiger partial charge in [0, 0.05) is 43.3 Å². The molecule has 1 fully saturated rings. The standard InChI is InChI=1S/C24H29N5O4S/c1-34-14-8-21(22(30)26-15-17-5-4-13-33-17)27-24(32)29-11-9-28(10-12-29)23(31)19-16-25-20-7-3-2-6-18(19)20/h2-7,13,16,21,25H,8-12,14-15H2,1H3,(H,26,30)(H,27,32)/t21-/m1/s1. The maximum Gasteiger partial charge on any atom is 0.318 e. The van der Waals surface area contributed by atoms with Crippen molar-refractivity contribution >= 4 is 40.5 Å². The van der Waals surface area contributed by atoms with Gasteiger partial charge in [-0.25, -0.2) is 4.79 Å². The number of fused-ring (bicyclic) bond motifs is 1. The molecular formula is C24H29N5O4S. The highest BCUT2D eigenvalue weighted by molar-refractivity contribution is 7.98. The average molecular weight is 484 g/mol. The van der Waals surface area contributed by atoms with Crippen LogP contribution in [-0.2, 0) is 11.3 Å². The molecule has 4 amide bonds. The van der Waals surface area contributed by atoms with Crippen LogP contribution in [0.1, 0.15) is 22.5 Å². The minimum absolute atomic E-state index is 0.0485. The molecule has 0 unspecified atom stereocenters. The van der Waals surface area contributed by atoms with E-state index >= 15 is 0 Å². The molecule has 9 nitrogen and oxygen atoms in total. The van der Waals surface area contributed by atoms with E-state index in [0.29, 0.717) is 43.9 Å². The number of H-pyrrole nitrogens is 1. The predicted octanol–water partition coefficient (Wildman–Crippen LogP) is 2.67. The summed E-state index contributed by atoms with van der Waals surface area (Å²) in [5.74, 6) is 1.10. The lowest BCUT2D eigenvalue weighted by Gasteiger charge is -2.35. The van der Waals surface area contributed by atoms with Crippen molar-refractivity contribution in [3.8, 4) is 0 Å². The summed E-state index contributed by atoms with van der Waals surface area (Å²) < 4.78 is 5.25. The molecule has 3 heterocycles. The second-order valence-electron chi connectivity index (χ2n) is 8.11. The fourth-order valence-corrected chi connectivity index (χ4v) is 4.46. The number of rotatable bonds is 8. The second-order valence-corrected chi connectivity index (χ2v) is 9.09. The lowest BCUT2D eigenvalue weighted by molar-refractivity contribution is -0.123. The quantitative estimate of drug-likeness (QED) is 0.456. The molecule has 1 aromatic carbocycles. The lowest BCUT2D eigenvalue weighted by Crippen LogP contribution is -2.56. The van der Waals surface area contributed by atoms with Gasteiger partial charge in [-0.2, -0.15) is 11.8 Å². The van der Waals surface area contributed by atoms with Crippen molar-refractivity contribution in [1.82, 2.24) is 25.4 Å². The molecule has 0 spiro atoms. The van der Waals surface area contributed by atoms with Gasteiger partial charge in [0.2, 0.25) is 5.91 Å². The molecule has 1 aliphatic rings. The second kappa shape index (κ2) is 11.1. The van der Waals surface area contributed by atoms with Gasteiger partial charge >= 0.3 is 6.03 Å². The number of nitrogens with zero attached hydrogens (tertiary/aromatic N) is 2. The summed E-state index contributed by atoms with van der Waals surface area (Å²) in [5.41, 5.74) is 1.56. The monoisotopic (exact) mass is 483 g/mol. The Morgan fingerprint density at radius 3 is 2.59 bits per heavy atom. The van der Waals surface area contributed by atoms with E-state index in [1.165, 1.54) is 0 Å². The van der Waals surface area contributed by atoms with Gasteiger partial charge in [-0.3, -0.25) is 9.59 Å². The lowest BCUT2D eigenvalue weighted by atomic mass is 10.1. The Bertz CT molecular complexity index is 1120. The highest BCUT2D eigenvalue weighted by Crippen LogP contribution is 2.20. The third-order valence-corrected chi connectivity index (χ3v) is 6.56. The first kappa shape index (κ1) is 23.7. The molecule has 34 heavy (non-hydrogen) atoms. The number of carbonyl (C=O) groups excluding carboxylic acids is 3. The van der Waals surface area contributed by atoms with Crippen molar-refractivity contribution in [3.05, 3.63) is 60.2 Å². The van der Waals surface area contributed by atoms with Gasteiger partial charge in [0.05, 0.1) is 18.4 Å². The molecule has 0 bridgehead atoms. The van der Waals surface area contributed by atoms with Crippen LogP contribution >= 0.6 is 11.8 Å². The van der Waals surface area contributed by atoms with Crippen molar-refractivity contribution in [2.45, 2.75) is 19.0 Å². The first-order valence-electron chi connectivity index (χ1n) is 11.3. The Morgan fingerprint density at radius 1 is 1.09 bits per heavy atom. The molecule has 0 radical (unpaired) electrons. The fraction of sp³-hybridized carbons (Fsp3) is 0.375. The Kier molecular flexibility index (Phi) is 7.79. The number of thioether (sulfide) groups is 1. The van der Waals surface area contributed by atoms with Gasteiger partial charge in [-0.15, -0.1) is 0 Å². The van der Waals surface area contributed by atoms with E-state index in [2.05, 4.69) is 15.6 Å². The molecule has 1 aliphatic heterocycles. The molecule has 0 saturated carbocycles. The molecule has 0 aliphatic carbocycles. The van der Waals surface area contributed by atoms with Gasteiger partial charge < -0.3 is 29.8 Å². The number of aromatic nitrogens is 1. The summed E-state index contributed by atoms with van der Waals surface area (Å²) in [6.07, 6.45) is 5.78. The molecule has 2 aromatic heterocycles. The minimum Gasteiger partial charge on any atom is -0.467 e. The highest BCUT2D eigenvalue weighted by atomic mass is 32.2. The molecule has 3 N–H and O–H groups in total. The molecule has 1 saturated heterocycles. The molecule has 3 aromatic rings. The van der Waals surface area contributed by atoms with E-state index in [-0.39, 0.29) is 24.4 Å². The largest absolute Gasteiger partial charge is 0.467 e. The maximum atomic E-state index is 13.0. The number of piperazine rings is 1. The van der Waals surface area contributed by atoms with Crippen molar-refractivity contribution in [1.29, 1.82) is 0 Å². The van der Waals surface area contributed by atoms with Crippen LogP contribution in [0.5, 0.6) is 0 Å². The fourth-order valence-electron chi connectivity index (χ4n) is 3.99. The number of hydrogen-bond donors (Lipinski definition) is 3. The van der Waals surface area contributed by atoms with E-state index in [0.717, 1.165) is 16.7 Å². The number of benzene rings is 1. The normalized spacial score (nSPS) is 14.7.